The number of hydrogen-bond donors (Lipinski definition) is 1. The van der Waals surface area contributed by atoms with E-state index in [2.05, 4.69) is 11.8 Å². The number of carbonyl (C=O) groups is 1. The van der Waals surface area contributed by atoms with Gasteiger partial charge in [-0.2, -0.15) is 0 Å². The monoisotopic (exact) mass is 270 g/mol. The molecule has 19 heavy (non-hydrogen) atoms. The van der Waals surface area contributed by atoms with E-state index in [1.807, 2.05) is 0 Å². The van der Waals surface area contributed by atoms with Crippen molar-refractivity contribution in [1.29, 1.82) is 0 Å². The van der Waals surface area contributed by atoms with Crippen LogP contribution in [0.15, 0.2) is 12.1 Å². The molecule has 0 spiro atoms. The van der Waals surface area contributed by atoms with Crippen molar-refractivity contribution in [3.8, 4) is 0 Å². The quantitative estimate of drug-likeness (QED) is 0.909. The van der Waals surface area contributed by atoms with Gasteiger partial charge in [0.1, 0.15) is 0 Å². The first-order chi connectivity index (χ1) is 9.04. The van der Waals surface area contributed by atoms with Crippen LogP contribution < -0.4 is 4.90 Å². The first kappa shape index (κ1) is 13.7. The Morgan fingerprint density at radius 3 is 2.37 bits per heavy atom. The summed E-state index contributed by atoms with van der Waals surface area (Å²) >= 11 is 0. The van der Waals surface area contributed by atoms with Gasteiger partial charge in [0.2, 0.25) is 0 Å². The normalized spacial score (nSPS) is 16.7. The van der Waals surface area contributed by atoms with E-state index in [1.54, 1.807) is 4.90 Å². The Balaban J connectivity index is 2.22. The molecule has 0 amide bonds. The minimum absolute atomic E-state index is 0.137. The minimum atomic E-state index is -1.46. The Morgan fingerprint density at radius 2 is 1.84 bits per heavy atom. The number of carboxylic acid groups (broad SMARTS) is 1. The van der Waals surface area contributed by atoms with Gasteiger partial charge in [0.25, 0.3) is 0 Å². The third-order valence-corrected chi connectivity index (χ3v) is 3.45. The highest BCUT2D eigenvalue weighted by Crippen LogP contribution is 2.25. The number of likely N-dealkylation sites (N-methyl/N-ethyl adjacent to an activating group) is 1. The number of hydrogen-bond acceptors (Lipinski definition) is 3. The van der Waals surface area contributed by atoms with Crippen molar-refractivity contribution in [1.82, 2.24) is 4.90 Å². The topological polar surface area (TPSA) is 43.8 Å². The van der Waals surface area contributed by atoms with Gasteiger partial charge in [-0.3, -0.25) is 0 Å². The zero-order chi connectivity index (χ0) is 14.0. The van der Waals surface area contributed by atoms with E-state index in [0.29, 0.717) is 13.1 Å². The van der Waals surface area contributed by atoms with E-state index in [4.69, 9.17) is 5.11 Å². The van der Waals surface area contributed by atoms with Crippen LogP contribution in [0, 0.1) is 11.6 Å². The summed E-state index contributed by atoms with van der Waals surface area (Å²) in [7, 11) is 0. The zero-order valence-corrected chi connectivity index (χ0v) is 10.7. The molecule has 0 bridgehead atoms. The Hall–Kier alpha value is -1.69. The second-order valence-electron chi connectivity index (χ2n) is 4.49. The fourth-order valence-corrected chi connectivity index (χ4v) is 2.25. The molecule has 1 N–H and O–H groups in total. The van der Waals surface area contributed by atoms with Gasteiger partial charge in [0.15, 0.2) is 11.6 Å². The maximum absolute atomic E-state index is 13.9. The fraction of sp³-hybridized carbons (Fsp3) is 0.462. The van der Waals surface area contributed by atoms with Crippen molar-refractivity contribution in [2.24, 2.45) is 0 Å². The van der Waals surface area contributed by atoms with Gasteiger partial charge in [0, 0.05) is 26.2 Å². The number of halogens is 2. The summed E-state index contributed by atoms with van der Waals surface area (Å²) in [5.41, 5.74) is -0.494. The van der Waals surface area contributed by atoms with Gasteiger partial charge in [-0.15, -0.1) is 0 Å². The van der Waals surface area contributed by atoms with Crippen molar-refractivity contribution in [2.75, 3.05) is 37.6 Å². The van der Waals surface area contributed by atoms with Gasteiger partial charge in [0.05, 0.1) is 11.3 Å². The zero-order valence-electron chi connectivity index (χ0n) is 10.7. The summed E-state index contributed by atoms with van der Waals surface area (Å²) in [6.07, 6.45) is 0. The Labute approximate surface area is 110 Å². The summed E-state index contributed by atoms with van der Waals surface area (Å²) in [6.45, 7) is 5.78. The molecular weight excluding hydrogens is 254 g/mol. The van der Waals surface area contributed by atoms with Crippen LogP contribution >= 0.6 is 0 Å². The van der Waals surface area contributed by atoms with Crippen LogP contribution in [0.2, 0.25) is 0 Å². The van der Waals surface area contributed by atoms with Crippen molar-refractivity contribution < 1.29 is 18.7 Å². The highest BCUT2D eigenvalue weighted by Gasteiger charge is 2.23. The lowest BCUT2D eigenvalue weighted by atomic mass is 10.1. The van der Waals surface area contributed by atoms with E-state index in [1.165, 1.54) is 6.07 Å². The predicted molar refractivity (Wildman–Crippen MR) is 67.6 cm³/mol. The van der Waals surface area contributed by atoms with Gasteiger partial charge < -0.3 is 14.9 Å². The third kappa shape index (κ3) is 2.68. The second kappa shape index (κ2) is 5.52. The van der Waals surface area contributed by atoms with Gasteiger partial charge in [-0.05, 0) is 18.7 Å². The Kier molecular flexibility index (Phi) is 3.99. The fourth-order valence-electron chi connectivity index (χ4n) is 2.25. The summed E-state index contributed by atoms with van der Waals surface area (Å²) in [4.78, 5) is 14.7. The molecule has 1 aromatic rings. The third-order valence-electron chi connectivity index (χ3n) is 3.45. The predicted octanol–water partition coefficient (Wildman–Crippen LogP) is 1.80. The van der Waals surface area contributed by atoms with Crippen LogP contribution in [0.3, 0.4) is 0 Å². The van der Waals surface area contributed by atoms with Crippen LogP contribution in [-0.4, -0.2) is 48.7 Å². The molecule has 1 saturated heterocycles. The number of nitrogens with zero attached hydrogens (tertiary/aromatic N) is 2. The molecule has 0 atom stereocenters. The number of benzene rings is 1. The molecule has 1 heterocycles. The number of piperazine rings is 1. The maximum Gasteiger partial charge on any atom is 0.338 e. The summed E-state index contributed by atoms with van der Waals surface area (Å²) in [6, 6.07) is 2.45. The van der Waals surface area contributed by atoms with E-state index < -0.39 is 23.2 Å². The van der Waals surface area contributed by atoms with Crippen molar-refractivity contribution in [3.63, 3.8) is 0 Å². The van der Waals surface area contributed by atoms with Crippen LogP contribution in [0.25, 0.3) is 0 Å². The lowest BCUT2D eigenvalue weighted by molar-refractivity contribution is 0.0690. The lowest BCUT2D eigenvalue weighted by Gasteiger charge is -2.35. The first-order valence-electron chi connectivity index (χ1n) is 6.23. The van der Waals surface area contributed by atoms with Crippen molar-refractivity contribution >= 4 is 11.7 Å². The molecule has 0 aromatic heterocycles. The van der Waals surface area contributed by atoms with Crippen LogP contribution in [0.5, 0.6) is 0 Å². The summed E-state index contributed by atoms with van der Waals surface area (Å²) in [5, 5.41) is 8.73. The summed E-state index contributed by atoms with van der Waals surface area (Å²) in [5.74, 6) is -3.83. The maximum atomic E-state index is 13.9. The van der Waals surface area contributed by atoms with Crippen LogP contribution in [0.4, 0.5) is 14.5 Å². The number of aromatic carboxylic acids is 1. The second-order valence-corrected chi connectivity index (χ2v) is 4.49. The van der Waals surface area contributed by atoms with Crippen LogP contribution in [-0.2, 0) is 0 Å². The van der Waals surface area contributed by atoms with Crippen LogP contribution in [0.1, 0.15) is 17.3 Å². The first-order valence-corrected chi connectivity index (χ1v) is 6.23. The SMILES string of the molecule is CCN1CCN(c2ccc(C(=O)O)c(F)c2F)CC1. The smallest absolute Gasteiger partial charge is 0.338 e. The van der Waals surface area contributed by atoms with E-state index in [-0.39, 0.29) is 5.69 Å². The molecule has 0 radical (unpaired) electrons. The Morgan fingerprint density at radius 1 is 1.21 bits per heavy atom. The van der Waals surface area contributed by atoms with Gasteiger partial charge in [-0.1, -0.05) is 6.92 Å². The lowest BCUT2D eigenvalue weighted by Crippen LogP contribution is -2.46. The highest BCUT2D eigenvalue weighted by molar-refractivity contribution is 5.88. The molecule has 2 rings (SSSR count). The molecule has 4 nitrogen and oxygen atoms in total. The summed E-state index contributed by atoms with van der Waals surface area (Å²) < 4.78 is 27.5. The molecule has 6 heteroatoms. The van der Waals surface area contributed by atoms with Crippen molar-refractivity contribution in [2.45, 2.75) is 6.92 Å². The number of anilines is 1. The molecule has 104 valence electrons. The van der Waals surface area contributed by atoms with Crippen molar-refractivity contribution in [3.05, 3.63) is 29.3 Å². The number of carboxylic acids is 1. The molecule has 0 aliphatic carbocycles. The van der Waals surface area contributed by atoms with E-state index >= 15 is 0 Å². The average molecular weight is 270 g/mol. The molecule has 0 unspecified atom stereocenters. The molecule has 1 aliphatic rings. The Bertz CT molecular complexity index is 486. The van der Waals surface area contributed by atoms with E-state index in [9.17, 15) is 13.6 Å². The molecule has 1 fully saturated rings. The standard InChI is InChI=1S/C13H16F2N2O2/c1-2-16-5-7-17(8-6-16)10-4-3-9(13(18)19)11(14)12(10)15/h3-4H,2,5-8H2,1H3,(H,18,19). The van der Waals surface area contributed by atoms with Gasteiger partial charge >= 0.3 is 5.97 Å². The molecule has 0 saturated carbocycles. The highest BCUT2D eigenvalue weighted by atomic mass is 19.2. The molecule has 1 aromatic carbocycles. The number of rotatable bonds is 3. The average Bonchev–Trinajstić information content (AvgIpc) is 2.41. The molecular formula is C13H16F2N2O2. The van der Waals surface area contributed by atoms with E-state index in [0.717, 1.165) is 25.7 Å². The largest absolute Gasteiger partial charge is 0.478 e. The minimum Gasteiger partial charge on any atom is -0.478 e. The molecule has 1 aliphatic heterocycles. The van der Waals surface area contributed by atoms with Gasteiger partial charge in [-0.25, -0.2) is 13.6 Å².